The second kappa shape index (κ2) is 9.27. The van der Waals surface area contributed by atoms with Crippen molar-refractivity contribution in [3.05, 3.63) is 58.3 Å². The molecule has 0 atom stereocenters. The zero-order valence-electron chi connectivity index (χ0n) is 14.2. The van der Waals surface area contributed by atoms with Crippen molar-refractivity contribution in [2.75, 3.05) is 17.7 Å². The van der Waals surface area contributed by atoms with Crippen molar-refractivity contribution in [1.82, 2.24) is 4.98 Å². The molecule has 5 nitrogen and oxygen atoms in total. The zero-order valence-corrected chi connectivity index (χ0v) is 15.0. The first-order valence-electron chi connectivity index (χ1n) is 7.91. The third-order valence-electron chi connectivity index (χ3n) is 3.13. The maximum absolute atomic E-state index is 12.8. The molecule has 25 heavy (non-hydrogen) atoms. The fraction of sp³-hybridized carbons (Fsp3) is 0.333. The number of carbonyl (C=O) groups is 1. The van der Waals surface area contributed by atoms with Gasteiger partial charge in [-0.2, -0.15) is 0 Å². The van der Waals surface area contributed by atoms with Crippen molar-refractivity contribution in [1.29, 1.82) is 0 Å². The molecule has 0 saturated carbocycles. The van der Waals surface area contributed by atoms with E-state index in [-0.39, 0.29) is 22.9 Å². The molecule has 0 saturated heterocycles. The van der Waals surface area contributed by atoms with Gasteiger partial charge in [-0.25, -0.2) is 4.39 Å². The number of hydrogen-bond donors (Lipinski definition) is 2. The number of ether oxygens (including phenoxy) is 1. The van der Waals surface area contributed by atoms with Crippen LogP contribution in [0.1, 0.15) is 19.5 Å². The van der Waals surface area contributed by atoms with E-state index in [1.165, 1.54) is 42.1 Å². The largest absolute Gasteiger partial charge is 0.488 e. The Morgan fingerprint density at radius 2 is 2.04 bits per heavy atom. The average molecular weight is 364 g/mol. The molecule has 0 spiro atoms. The van der Waals surface area contributed by atoms with Crippen LogP contribution in [0.2, 0.25) is 0 Å². The minimum atomic E-state index is -0.350. The summed E-state index contributed by atoms with van der Waals surface area (Å²) < 4.78 is 18.2. The van der Waals surface area contributed by atoms with Gasteiger partial charge in [-0.05, 0) is 30.2 Å². The molecule has 2 rings (SSSR count). The minimum Gasteiger partial charge on any atom is -0.488 e. The van der Waals surface area contributed by atoms with E-state index >= 15 is 0 Å². The van der Waals surface area contributed by atoms with Crippen LogP contribution in [0.25, 0.3) is 0 Å². The number of carbonyl (C=O) groups excluding carboxylic acids is 1. The zero-order chi connectivity index (χ0) is 18.2. The van der Waals surface area contributed by atoms with Gasteiger partial charge in [0.2, 0.25) is 11.3 Å². The quantitative estimate of drug-likeness (QED) is 0.753. The maximum Gasteiger partial charge on any atom is 0.234 e. The van der Waals surface area contributed by atoms with Gasteiger partial charge in [0.05, 0.1) is 12.4 Å². The SMILES string of the molecule is CC(C)COc1c[nH]c(CSCC(=O)Nc2ccc(F)cc2)cc1=O. The number of halogens is 1. The number of H-pyrrole nitrogens is 1. The molecule has 7 heteroatoms. The number of nitrogens with one attached hydrogen (secondary N) is 2. The highest BCUT2D eigenvalue weighted by molar-refractivity contribution is 7.99. The first-order valence-corrected chi connectivity index (χ1v) is 9.07. The fourth-order valence-electron chi connectivity index (χ4n) is 1.94. The number of amides is 1. The van der Waals surface area contributed by atoms with Crippen molar-refractivity contribution in [2.24, 2.45) is 5.92 Å². The molecule has 0 fully saturated rings. The molecule has 1 amide bonds. The van der Waals surface area contributed by atoms with Gasteiger partial charge in [0.25, 0.3) is 0 Å². The predicted molar refractivity (Wildman–Crippen MR) is 98.6 cm³/mol. The second-order valence-electron chi connectivity index (χ2n) is 5.94. The number of thioether (sulfide) groups is 1. The van der Waals surface area contributed by atoms with E-state index < -0.39 is 0 Å². The van der Waals surface area contributed by atoms with Gasteiger partial charge in [0.1, 0.15) is 5.82 Å². The molecule has 0 aliphatic heterocycles. The highest BCUT2D eigenvalue weighted by atomic mass is 32.2. The summed E-state index contributed by atoms with van der Waals surface area (Å²) in [5, 5.41) is 2.68. The number of anilines is 1. The minimum absolute atomic E-state index is 0.175. The van der Waals surface area contributed by atoms with E-state index in [0.29, 0.717) is 29.7 Å². The summed E-state index contributed by atoms with van der Waals surface area (Å²) in [6, 6.07) is 7.07. The molecule has 1 aromatic carbocycles. The molecule has 0 bridgehead atoms. The summed E-state index contributed by atoms with van der Waals surface area (Å²) in [4.78, 5) is 26.8. The summed E-state index contributed by atoms with van der Waals surface area (Å²) in [5.41, 5.74) is 1.10. The van der Waals surface area contributed by atoms with Crippen molar-refractivity contribution in [3.8, 4) is 5.75 Å². The standard InChI is InChI=1S/C18H21FN2O3S/c1-12(2)9-24-17-8-20-15(7-16(17)22)10-25-11-18(23)21-14-5-3-13(19)4-6-14/h3-8,12H,9-11H2,1-2H3,(H,20,22)(H,21,23). The Hall–Kier alpha value is -2.28. The molecule has 1 heterocycles. The first-order chi connectivity index (χ1) is 11.9. The van der Waals surface area contributed by atoms with E-state index in [9.17, 15) is 14.0 Å². The highest BCUT2D eigenvalue weighted by Gasteiger charge is 2.06. The molecular formula is C18H21FN2O3S. The Kier molecular flexibility index (Phi) is 7.06. The molecular weight excluding hydrogens is 343 g/mol. The molecule has 0 aliphatic rings. The normalized spacial score (nSPS) is 10.7. The number of hydrogen-bond acceptors (Lipinski definition) is 4. The van der Waals surface area contributed by atoms with E-state index in [1.54, 1.807) is 6.20 Å². The van der Waals surface area contributed by atoms with Crippen LogP contribution in [0.4, 0.5) is 10.1 Å². The summed E-state index contributed by atoms with van der Waals surface area (Å²) in [6.07, 6.45) is 1.55. The Balaban J connectivity index is 1.79. The van der Waals surface area contributed by atoms with Crippen LogP contribution in [0, 0.1) is 11.7 Å². The Morgan fingerprint density at radius 1 is 1.32 bits per heavy atom. The number of rotatable bonds is 8. The Labute approximate surface area is 150 Å². The van der Waals surface area contributed by atoms with Crippen LogP contribution in [0.5, 0.6) is 5.75 Å². The maximum atomic E-state index is 12.8. The van der Waals surface area contributed by atoms with Gasteiger partial charge in [0.15, 0.2) is 5.75 Å². The van der Waals surface area contributed by atoms with Gasteiger partial charge >= 0.3 is 0 Å². The van der Waals surface area contributed by atoms with Gasteiger partial charge in [-0.3, -0.25) is 9.59 Å². The lowest BCUT2D eigenvalue weighted by Crippen LogP contribution is -2.15. The van der Waals surface area contributed by atoms with Crippen LogP contribution in [0.3, 0.4) is 0 Å². The molecule has 134 valence electrons. The lowest BCUT2D eigenvalue weighted by Gasteiger charge is -2.09. The number of aromatic amines is 1. The lowest BCUT2D eigenvalue weighted by atomic mass is 10.2. The Morgan fingerprint density at radius 3 is 2.68 bits per heavy atom. The van der Waals surface area contributed by atoms with Gasteiger partial charge < -0.3 is 15.0 Å². The van der Waals surface area contributed by atoms with Crippen molar-refractivity contribution in [3.63, 3.8) is 0 Å². The first kappa shape index (κ1) is 19.1. The van der Waals surface area contributed by atoms with Gasteiger partial charge in [-0.15, -0.1) is 11.8 Å². The molecule has 2 aromatic rings. The van der Waals surface area contributed by atoms with E-state index in [2.05, 4.69) is 10.3 Å². The summed E-state index contributed by atoms with van der Waals surface area (Å²) >= 11 is 1.37. The van der Waals surface area contributed by atoms with Crippen LogP contribution in [-0.4, -0.2) is 23.3 Å². The monoisotopic (exact) mass is 364 g/mol. The summed E-state index contributed by atoms with van der Waals surface area (Å²) in [5.74, 6) is 0.834. The van der Waals surface area contributed by atoms with Crippen LogP contribution in [0.15, 0.2) is 41.3 Å². The van der Waals surface area contributed by atoms with Crippen molar-refractivity contribution < 1.29 is 13.9 Å². The van der Waals surface area contributed by atoms with Gasteiger partial charge in [0, 0.05) is 29.4 Å². The molecule has 2 N–H and O–H groups in total. The highest BCUT2D eigenvalue weighted by Crippen LogP contribution is 2.13. The van der Waals surface area contributed by atoms with Crippen LogP contribution in [-0.2, 0) is 10.5 Å². The van der Waals surface area contributed by atoms with E-state index in [0.717, 1.165) is 5.69 Å². The number of aromatic nitrogens is 1. The fourth-order valence-corrected chi connectivity index (χ4v) is 2.68. The smallest absolute Gasteiger partial charge is 0.234 e. The lowest BCUT2D eigenvalue weighted by molar-refractivity contribution is -0.113. The van der Waals surface area contributed by atoms with Crippen molar-refractivity contribution in [2.45, 2.75) is 19.6 Å². The molecule has 0 unspecified atom stereocenters. The van der Waals surface area contributed by atoms with Crippen LogP contribution < -0.4 is 15.5 Å². The molecule has 1 aromatic heterocycles. The Bertz CT molecular complexity index is 760. The summed E-state index contributed by atoms with van der Waals surface area (Å²) in [6.45, 7) is 4.51. The molecule has 0 radical (unpaired) electrons. The predicted octanol–water partition coefficient (Wildman–Crippen LogP) is 3.42. The molecule has 0 aliphatic carbocycles. The average Bonchev–Trinajstić information content (AvgIpc) is 2.56. The topological polar surface area (TPSA) is 71.2 Å². The van der Waals surface area contributed by atoms with Gasteiger partial charge in [-0.1, -0.05) is 13.8 Å². The van der Waals surface area contributed by atoms with E-state index in [4.69, 9.17) is 4.74 Å². The third-order valence-corrected chi connectivity index (χ3v) is 4.11. The summed E-state index contributed by atoms with van der Waals surface area (Å²) in [7, 11) is 0. The van der Waals surface area contributed by atoms with E-state index in [1.807, 2.05) is 13.8 Å². The van der Waals surface area contributed by atoms with Crippen molar-refractivity contribution >= 4 is 23.4 Å². The second-order valence-corrected chi connectivity index (χ2v) is 6.93. The number of pyridine rings is 1. The third kappa shape index (κ3) is 6.62. The van der Waals surface area contributed by atoms with Crippen LogP contribution >= 0.6 is 11.8 Å². The number of benzene rings is 1.